The standard InChI is InChI=1S/C20H19N3O3/c24-19(15-5-2-1-3-6-15)22-9-4-10-23(12-11-22)20(25)16-7-8-17-18(13-16)26-14-21-17/h1-3,5-8,13-14H,4,9-12H2. The highest BCUT2D eigenvalue weighted by molar-refractivity contribution is 5.97. The molecule has 1 saturated heterocycles. The molecule has 1 aromatic heterocycles. The Balaban J connectivity index is 1.46. The molecule has 26 heavy (non-hydrogen) atoms. The van der Waals surface area contributed by atoms with Gasteiger partial charge in [0, 0.05) is 37.3 Å². The quantitative estimate of drug-likeness (QED) is 0.713. The summed E-state index contributed by atoms with van der Waals surface area (Å²) in [7, 11) is 0. The van der Waals surface area contributed by atoms with Crippen molar-refractivity contribution in [2.45, 2.75) is 6.42 Å². The molecular formula is C20H19N3O3. The van der Waals surface area contributed by atoms with Crippen molar-refractivity contribution in [2.75, 3.05) is 26.2 Å². The highest BCUT2D eigenvalue weighted by atomic mass is 16.3. The summed E-state index contributed by atoms with van der Waals surface area (Å²) in [6.45, 7) is 2.33. The Morgan fingerprint density at radius 2 is 1.54 bits per heavy atom. The number of fused-ring (bicyclic) bond motifs is 1. The van der Waals surface area contributed by atoms with E-state index in [1.54, 1.807) is 23.1 Å². The number of aromatic nitrogens is 1. The van der Waals surface area contributed by atoms with Gasteiger partial charge in [0.2, 0.25) is 0 Å². The van der Waals surface area contributed by atoms with Crippen LogP contribution in [0.2, 0.25) is 0 Å². The van der Waals surface area contributed by atoms with Gasteiger partial charge >= 0.3 is 0 Å². The molecule has 0 unspecified atom stereocenters. The molecule has 1 fully saturated rings. The van der Waals surface area contributed by atoms with Gasteiger partial charge < -0.3 is 14.2 Å². The minimum absolute atomic E-state index is 0.0166. The first-order chi connectivity index (χ1) is 12.7. The highest BCUT2D eigenvalue weighted by Gasteiger charge is 2.23. The van der Waals surface area contributed by atoms with Crippen molar-refractivity contribution >= 4 is 22.9 Å². The molecule has 132 valence electrons. The second kappa shape index (κ2) is 7.00. The topological polar surface area (TPSA) is 66.7 Å². The Bertz CT molecular complexity index is 936. The summed E-state index contributed by atoms with van der Waals surface area (Å²) in [5.74, 6) is -0.0275. The van der Waals surface area contributed by atoms with E-state index in [1.165, 1.54) is 6.39 Å². The zero-order valence-electron chi connectivity index (χ0n) is 14.3. The summed E-state index contributed by atoms with van der Waals surface area (Å²) < 4.78 is 5.28. The summed E-state index contributed by atoms with van der Waals surface area (Å²) in [5.41, 5.74) is 2.60. The van der Waals surface area contributed by atoms with Crippen LogP contribution in [0.3, 0.4) is 0 Å². The number of oxazole rings is 1. The van der Waals surface area contributed by atoms with Crippen LogP contribution in [0.15, 0.2) is 59.3 Å². The van der Waals surface area contributed by atoms with Crippen molar-refractivity contribution in [3.05, 3.63) is 66.1 Å². The Kier molecular flexibility index (Phi) is 4.39. The van der Waals surface area contributed by atoms with E-state index in [2.05, 4.69) is 4.98 Å². The highest BCUT2D eigenvalue weighted by Crippen LogP contribution is 2.17. The molecule has 0 spiro atoms. The van der Waals surface area contributed by atoms with Crippen molar-refractivity contribution in [2.24, 2.45) is 0 Å². The lowest BCUT2D eigenvalue weighted by molar-refractivity contribution is 0.0719. The minimum Gasteiger partial charge on any atom is -0.443 e. The maximum Gasteiger partial charge on any atom is 0.254 e. The number of hydrogen-bond donors (Lipinski definition) is 0. The number of carbonyl (C=O) groups excluding carboxylic acids is 2. The average molecular weight is 349 g/mol. The predicted octanol–water partition coefficient (Wildman–Crippen LogP) is 2.82. The van der Waals surface area contributed by atoms with Gasteiger partial charge in [-0.15, -0.1) is 0 Å². The van der Waals surface area contributed by atoms with E-state index in [0.29, 0.717) is 42.9 Å². The van der Waals surface area contributed by atoms with Crippen LogP contribution in [0.25, 0.3) is 11.1 Å². The van der Waals surface area contributed by atoms with Crippen LogP contribution in [-0.4, -0.2) is 52.8 Å². The van der Waals surface area contributed by atoms with E-state index in [0.717, 1.165) is 11.9 Å². The third kappa shape index (κ3) is 3.18. The molecule has 2 aromatic carbocycles. The fourth-order valence-corrected chi connectivity index (χ4v) is 3.26. The molecule has 0 bridgehead atoms. The van der Waals surface area contributed by atoms with Crippen molar-refractivity contribution in [1.29, 1.82) is 0 Å². The van der Waals surface area contributed by atoms with Crippen molar-refractivity contribution in [3.8, 4) is 0 Å². The maximum absolute atomic E-state index is 12.8. The van der Waals surface area contributed by atoms with Crippen LogP contribution >= 0.6 is 0 Å². The smallest absolute Gasteiger partial charge is 0.254 e. The Morgan fingerprint density at radius 3 is 2.27 bits per heavy atom. The number of amides is 2. The molecule has 2 amide bonds. The summed E-state index contributed by atoms with van der Waals surface area (Å²) >= 11 is 0. The maximum atomic E-state index is 12.8. The summed E-state index contributed by atoms with van der Waals surface area (Å²) in [6.07, 6.45) is 2.13. The molecule has 1 aliphatic heterocycles. The molecule has 0 saturated carbocycles. The van der Waals surface area contributed by atoms with E-state index in [9.17, 15) is 9.59 Å². The number of benzene rings is 2. The molecule has 4 rings (SSSR count). The summed E-state index contributed by atoms with van der Waals surface area (Å²) in [5, 5.41) is 0. The lowest BCUT2D eigenvalue weighted by atomic mass is 10.1. The minimum atomic E-state index is -0.0442. The summed E-state index contributed by atoms with van der Waals surface area (Å²) in [6, 6.07) is 14.5. The first kappa shape index (κ1) is 16.3. The van der Waals surface area contributed by atoms with Gasteiger partial charge in [-0.2, -0.15) is 0 Å². The van der Waals surface area contributed by atoms with E-state index >= 15 is 0 Å². The second-order valence-corrected chi connectivity index (χ2v) is 6.34. The molecule has 2 heterocycles. The lowest BCUT2D eigenvalue weighted by Crippen LogP contribution is -2.37. The van der Waals surface area contributed by atoms with Gasteiger partial charge in [0.05, 0.1) is 0 Å². The van der Waals surface area contributed by atoms with Gasteiger partial charge in [-0.1, -0.05) is 18.2 Å². The molecule has 6 nitrogen and oxygen atoms in total. The SMILES string of the molecule is O=C(c1ccccc1)N1CCCN(C(=O)c2ccc3ncoc3c2)CC1. The molecule has 1 aliphatic rings. The van der Waals surface area contributed by atoms with Crippen LogP contribution in [0.4, 0.5) is 0 Å². The number of nitrogens with zero attached hydrogens (tertiary/aromatic N) is 3. The fourth-order valence-electron chi connectivity index (χ4n) is 3.26. The largest absolute Gasteiger partial charge is 0.443 e. The van der Waals surface area contributed by atoms with Crippen molar-refractivity contribution in [1.82, 2.24) is 14.8 Å². The van der Waals surface area contributed by atoms with Crippen LogP contribution < -0.4 is 0 Å². The van der Waals surface area contributed by atoms with Crippen LogP contribution in [0, 0.1) is 0 Å². The first-order valence-electron chi connectivity index (χ1n) is 8.69. The van der Waals surface area contributed by atoms with Gasteiger partial charge in [-0.25, -0.2) is 4.98 Å². The fraction of sp³-hybridized carbons (Fsp3) is 0.250. The van der Waals surface area contributed by atoms with E-state index in [1.807, 2.05) is 35.2 Å². The third-order valence-corrected chi connectivity index (χ3v) is 4.67. The average Bonchev–Trinajstić information content (AvgIpc) is 3.02. The monoisotopic (exact) mass is 349 g/mol. The van der Waals surface area contributed by atoms with Gasteiger partial charge in [-0.05, 0) is 36.8 Å². The molecule has 0 radical (unpaired) electrons. The summed E-state index contributed by atoms with van der Waals surface area (Å²) in [4.78, 5) is 33.1. The number of rotatable bonds is 2. The lowest BCUT2D eigenvalue weighted by Gasteiger charge is -2.22. The van der Waals surface area contributed by atoms with Crippen molar-refractivity contribution in [3.63, 3.8) is 0 Å². The van der Waals surface area contributed by atoms with Crippen LogP contribution in [0.1, 0.15) is 27.1 Å². The Morgan fingerprint density at radius 1 is 0.846 bits per heavy atom. The molecule has 0 N–H and O–H groups in total. The van der Waals surface area contributed by atoms with Crippen molar-refractivity contribution < 1.29 is 14.0 Å². The van der Waals surface area contributed by atoms with Gasteiger partial charge in [-0.3, -0.25) is 9.59 Å². The van der Waals surface area contributed by atoms with Gasteiger partial charge in [0.15, 0.2) is 12.0 Å². The normalized spacial score (nSPS) is 15.1. The zero-order chi connectivity index (χ0) is 17.9. The van der Waals surface area contributed by atoms with Crippen LogP contribution in [0.5, 0.6) is 0 Å². The van der Waals surface area contributed by atoms with E-state index in [-0.39, 0.29) is 11.8 Å². The predicted molar refractivity (Wildman–Crippen MR) is 96.9 cm³/mol. The zero-order valence-corrected chi connectivity index (χ0v) is 14.3. The number of hydrogen-bond acceptors (Lipinski definition) is 4. The Hall–Kier alpha value is -3.15. The van der Waals surface area contributed by atoms with Crippen LogP contribution in [-0.2, 0) is 0 Å². The molecule has 0 aliphatic carbocycles. The molecule has 0 atom stereocenters. The van der Waals surface area contributed by atoms with E-state index in [4.69, 9.17) is 4.42 Å². The van der Waals surface area contributed by atoms with Gasteiger partial charge in [0.1, 0.15) is 5.52 Å². The third-order valence-electron chi connectivity index (χ3n) is 4.67. The molecular weight excluding hydrogens is 330 g/mol. The Labute approximate surface area is 151 Å². The molecule has 3 aromatic rings. The van der Waals surface area contributed by atoms with E-state index < -0.39 is 0 Å². The second-order valence-electron chi connectivity index (χ2n) is 6.34. The molecule has 6 heteroatoms. The first-order valence-corrected chi connectivity index (χ1v) is 8.69. The van der Waals surface area contributed by atoms with Gasteiger partial charge in [0.25, 0.3) is 11.8 Å². The number of carbonyl (C=O) groups is 2.